The van der Waals surface area contributed by atoms with Crippen LogP contribution in [0.4, 0.5) is 4.39 Å². The van der Waals surface area contributed by atoms with Crippen molar-refractivity contribution in [3.63, 3.8) is 0 Å². The van der Waals surface area contributed by atoms with Gasteiger partial charge in [-0.15, -0.1) is 5.10 Å². The first-order valence-electron chi connectivity index (χ1n) is 12.2. The van der Waals surface area contributed by atoms with Gasteiger partial charge in [-0.1, -0.05) is 41.6 Å². The molecule has 2 heterocycles. The topological polar surface area (TPSA) is 158 Å². The van der Waals surface area contributed by atoms with E-state index in [1.807, 2.05) is 0 Å². The molecule has 0 radical (unpaired) electrons. The number of nitrogens with zero attached hydrogens (tertiary/aromatic N) is 5. The number of aliphatic imine (C=N–C) groups is 1. The Morgan fingerprint density at radius 3 is 2.44 bits per heavy atom. The van der Waals surface area contributed by atoms with E-state index in [-0.39, 0.29) is 46.4 Å². The number of halogens is 1. The van der Waals surface area contributed by atoms with Crippen LogP contribution in [0.15, 0.2) is 75.0 Å². The Morgan fingerprint density at radius 1 is 1.07 bits per heavy atom. The molecule has 41 heavy (non-hydrogen) atoms. The summed E-state index contributed by atoms with van der Waals surface area (Å²) in [5.74, 6) is -0.753. The number of hydrogen-bond donors (Lipinski definition) is 2. The molecule has 208 valence electrons. The molecule has 0 aliphatic rings. The highest BCUT2D eigenvalue weighted by Gasteiger charge is 2.22. The van der Waals surface area contributed by atoms with Crippen LogP contribution in [0.1, 0.15) is 33.2 Å². The van der Waals surface area contributed by atoms with Crippen molar-refractivity contribution in [2.45, 2.75) is 13.5 Å². The quantitative estimate of drug-likeness (QED) is 0.257. The van der Waals surface area contributed by atoms with Crippen LogP contribution in [0.5, 0.6) is 11.5 Å². The number of aromatic amines is 1. The van der Waals surface area contributed by atoms with Crippen molar-refractivity contribution >= 4 is 11.7 Å². The number of ether oxygens (including phenoxy) is 2. The summed E-state index contributed by atoms with van der Waals surface area (Å²) in [6.45, 7) is 1.77. The molecular weight excluding hydrogens is 535 g/mol. The minimum atomic E-state index is -1.24. The van der Waals surface area contributed by atoms with Gasteiger partial charge in [0.2, 0.25) is 11.7 Å². The van der Waals surface area contributed by atoms with E-state index in [0.717, 1.165) is 21.9 Å². The Balaban J connectivity index is 1.59. The van der Waals surface area contributed by atoms with Crippen LogP contribution in [0.2, 0.25) is 0 Å². The molecule has 13 heteroatoms. The fourth-order valence-electron chi connectivity index (χ4n) is 4.10. The molecule has 0 amide bonds. The molecule has 5 aromatic rings. The maximum absolute atomic E-state index is 15.4. The number of hydrogen-bond acceptors (Lipinski definition) is 9. The van der Waals surface area contributed by atoms with Gasteiger partial charge in [0, 0.05) is 24.1 Å². The lowest BCUT2D eigenvalue weighted by molar-refractivity contribution is 0.0696. The summed E-state index contributed by atoms with van der Waals surface area (Å²) in [6.07, 6.45) is 0. The van der Waals surface area contributed by atoms with Crippen molar-refractivity contribution in [1.82, 2.24) is 24.9 Å². The molecule has 0 fully saturated rings. The van der Waals surface area contributed by atoms with Crippen LogP contribution in [0.3, 0.4) is 0 Å². The number of aromatic nitrogens is 5. The first-order valence-corrected chi connectivity index (χ1v) is 12.2. The van der Waals surface area contributed by atoms with Crippen molar-refractivity contribution in [2.24, 2.45) is 4.99 Å². The van der Waals surface area contributed by atoms with Crippen molar-refractivity contribution in [1.29, 1.82) is 0 Å². The fourth-order valence-corrected chi connectivity index (χ4v) is 4.10. The predicted octanol–water partition coefficient (Wildman–Crippen LogP) is 3.81. The summed E-state index contributed by atoms with van der Waals surface area (Å²) < 4.78 is 31.9. The number of nitrogens with one attached hydrogen (secondary N) is 1. The van der Waals surface area contributed by atoms with Crippen LogP contribution in [-0.4, -0.2) is 55.9 Å². The number of aromatic carboxylic acids is 1. The SMILES string of the molecule is COc1cc(F)c(C(=NCc2ccc(-c3noc(C)n3)cc2)c2nn(-c3ccccc3C(=O)O)c(=O)[nH]2)cc1OC. The number of para-hydroxylation sites is 1. The van der Waals surface area contributed by atoms with Gasteiger partial charge in [-0.25, -0.2) is 14.0 Å². The molecule has 0 spiro atoms. The number of aryl methyl sites for hydroxylation is 1. The molecule has 0 bridgehead atoms. The molecule has 3 aromatic carbocycles. The number of carbonyl (C=O) groups is 1. The Kier molecular flexibility index (Phi) is 7.41. The highest BCUT2D eigenvalue weighted by atomic mass is 19.1. The van der Waals surface area contributed by atoms with E-state index in [2.05, 4.69) is 25.2 Å². The third-order valence-electron chi connectivity index (χ3n) is 6.09. The van der Waals surface area contributed by atoms with Gasteiger partial charge < -0.3 is 19.1 Å². The van der Waals surface area contributed by atoms with Crippen LogP contribution in [0, 0.1) is 12.7 Å². The second-order valence-electron chi connectivity index (χ2n) is 8.70. The smallest absolute Gasteiger partial charge is 0.348 e. The van der Waals surface area contributed by atoms with E-state index in [0.29, 0.717) is 11.7 Å². The van der Waals surface area contributed by atoms with E-state index in [1.165, 1.54) is 38.5 Å². The summed E-state index contributed by atoms with van der Waals surface area (Å²) in [5.41, 5.74) is 0.638. The van der Waals surface area contributed by atoms with Gasteiger partial charge >= 0.3 is 11.7 Å². The number of carboxylic acid groups (broad SMARTS) is 1. The maximum atomic E-state index is 15.4. The average molecular weight is 559 g/mol. The number of benzene rings is 3. The summed E-state index contributed by atoms with van der Waals surface area (Å²) in [6, 6.07) is 15.6. The zero-order valence-electron chi connectivity index (χ0n) is 22.1. The van der Waals surface area contributed by atoms with E-state index in [9.17, 15) is 14.7 Å². The van der Waals surface area contributed by atoms with Gasteiger partial charge in [0.25, 0.3) is 0 Å². The lowest BCUT2D eigenvalue weighted by atomic mass is 10.1. The van der Waals surface area contributed by atoms with E-state index >= 15 is 4.39 Å². The van der Waals surface area contributed by atoms with Gasteiger partial charge in [-0.05, 0) is 23.8 Å². The lowest BCUT2D eigenvalue weighted by Crippen LogP contribution is -2.18. The maximum Gasteiger partial charge on any atom is 0.348 e. The molecule has 2 aromatic heterocycles. The van der Waals surface area contributed by atoms with Crippen LogP contribution >= 0.6 is 0 Å². The van der Waals surface area contributed by atoms with E-state index in [1.54, 1.807) is 37.3 Å². The van der Waals surface area contributed by atoms with E-state index < -0.39 is 17.5 Å². The standard InChI is InChI=1S/C28H23FN6O6/c1-15-31-25(34-41-15)17-10-8-16(9-11-17)14-30-24(19-12-22(39-2)23(40-3)13-20(19)29)26-32-28(38)35(33-26)21-7-5-4-6-18(21)27(36)37/h4-13H,14H2,1-3H3,(H,36,37)(H,32,33,38). The molecule has 5 rings (SSSR count). The summed E-state index contributed by atoms with van der Waals surface area (Å²) >= 11 is 0. The Bertz CT molecular complexity index is 1820. The Hall–Kier alpha value is -5.59. The Morgan fingerprint density at radius 2 is 1.78 bits per heavy atom. The van der Waals surface area contributed by atoms with Crippen LogP contribution < -0.4 is 15.2 Å². The zero-order valence-corrected chi connectivity index (χ0v) is 22.1. The first kappa shape index (κ1) is 27.0. The number of H-pyrrole nitrogens is 1. The molecule has 0 aliphatic heterocycles. The normalized spacial score (nSPS) is 11.5. The van der Waals surface area contributed by atoms with Crippen molar-refractivity contribution in [3.05, 3.63) is 105 Å². The molecule has 12 nitrogen and oxygen atoms in total. The third kappa shape index (κ3) is 5.45. The minimum Gasteiger partial charge on any atom is -0.493 e. The lowest BCUT2D eigenvalue weighted by Gasteiger charge is -2.12. The largest absolute Gasteiger partial charge is 0.493 e. The summed E-state index contributed by atoms with van der Waals surface area (Å²) in [4.78, 5) is 36.1. The Labute approximate surface area is 231 Å². The van der Waals surface area contributed by atoms with Gasteiger partial charge in [0.05, 0.1) is 32.0 Å². The van der Waals surface area contributed by atoms with Gasteiger partial charge in [0.1, 0.15) is 11.5 Å². The third-order valence-corrected chi connectivity index (χ3v) is 6.09. The predicted molar refractivity (Wildman–Crippen MR) is 144 cm³/mol. The minimum absolute atomic E-state index is 0.00461. The molecule has 0 unspecified atom stereocenters. The fraction of sp³-hybridized carbons (Fsp3) is 0.143. The highest BCUT2D eigenvalue weighted by Crippen LogP contribution is 2.31. The van der Waals surface area contributed by atoms with Crippen LogP contribution in [-0.2, 0) is 6.54 Å². The average Bonchev–Trinajstić information content (AvgIpc) is 3.59. The van der Waals surface area contributed by atoms with Crippen LogP contribution in [0.25, 0.3) is 17.1 Å². The number of carboxylic acids is 1. The second kappa shape index (κ2) is 11.3. The summed E-state index contributed by atoms with van der Waals surface area (Å²) in [5, 5.41) is 17.8. The summed E-state index contributed by atoms with van der Waals surface area (Å²) in [7, 11) is 2.78. The van der Waals surface area contributed by atoms with Crippen molar-refractivity contribution < 1.29 is 28.3 Å². The molecular formula is C28H23FN6O6. The van der Waals surface area contributed by atoms with Crippen molar-refractivity contribution in [3.8, 4) is 28.6 Å². The van der Waals surface area contributed by atoms with E-state index in [4.69, 9.17) is 14.0 Å². The molecule has 0 saturated heterocycles. The number of rotatable bonds is 9. The molecule has 0 aliphatic carbocycles. The molecule has 0 atom stereocenters. The monoisotopic (exact) mass is 558 g/mol. The van der Waals surface area contributed by atoms with Gasteiger partial charge in [0.15, 0.2) is 17.3 Å². The number of methoxy groups -OCH3 is 2. The zero-order chi connectivity index (χ0) is 29.1. The molecule has 0 saturated carbocycles. The second-order valence-corrected chi connectivity index (χ2v) is 8.70. The molecule has 2 N–H and O–H groups in total. The first-order chi connectivity index (χ1) is 19.8. The van der Waals surface area contributed by atoms with Gasteiger partial charge in [-0.2, -0.15) is 9.67 Å². The highest BCUT2D eigenvalue weighted by molar-refractivity contribution is 6.11. The van der Waals surface area contributed by atoms with Gasteiger partial charge in [-0.3, -0.25) is 9.98 Å². The van der Waals surface area contributed by atoms with Crippen molar-refractivity contribution in [2.75, 3.05) is 14.2 Å².